The van der Waals surface area contributed by atoms with Gasteiger partial charge >= 0.3 is 5.97 Å². The van der Waals surface area contributed by atoms with Gasteiger partial charge in [0.15, 0.2) is 0 Å². The predicted octanol–water partition coefficient (Wildman–Crippen LogP) is 1.74. The van der Waals surface area contributed by atoms with Gasteiger partial charge in [-0.3, -0.25) is 9.59 Å². The molecular formula is C11H16N2O3S. The van der Waals surface area contributed by atoms with Crippen LogP contribution in [-0.2, 0) is 4.79 Å². The van der Waals surface area contributed by atoms with Gasteiger partial charge in [-0.25, -0.2) is 4.98 Å². The van der Waals surface area contributed by atoms with E-state index in [1.807, 2.05) is 13.8 Å². The molecule has 0 saturated carbocycles. The number of unbranched alkanes of at least 4 members (excludes halogenated alkanes) is 1. The third kappa shape index (κ3) is 4.52. The van der Waals surface area contributed by atoms with Gasteiger partial charge in [-0.05, 0) is 26.7 Å². The summed E-state index contributed by atoms with van der Waals surface area (Å²) >= 11 is 1.37. The van der Waals surface area contributed by atoms with Crippen LogP contribution >= 0.6 is 11.3 Å². The standard InChI is InChI=1S/C11H16N2O3S/c1-7-10(17-8(2)13-7)11(16)12-6-4-3-5-9(14)15/h3-6H2,1-2H3,(H,12,16)(H,14,15). The number of carboxylic acids is 1. The number of nitrogens with one attached hydrogen (secondary N) is 1. The summed E-state index contributed by atoms with van der Waals surface area (Å²) in [6.07, 6.45) is 1.40. The number of carboxylic acid groups (broad SMARTS) is 1. The van der Waals surface area contributed by atoms with Crippen molar-refractivity contribution in [2.45, 2.75) is 33.1 Å². The van der Waals surface area contributed by atoms with Crippen LogP contribution in [0.5, 0.6) is 0 Å². The number of hydrogen-bond donors (Lipinski definition) is 2. The molecule has 94 valence electrons. The molecule has 6 heteroatoms. The van der Waals surface area contributed by atoms with Crippen molar-refractivity contribution in [2.75, 3.05) is 6.54 Å². The minimum atomic E-state index is -0.801. The van der Waals surface area contributed by atoms with E-state index in [0.717, 1.165) is 10.7 Å². The average Bonchev–Trinajstić information content (AvgIpc) is 2.56. The Morgan fingerprint density at radius 3 is 2.59 bits per heavy atom. The van der Waals surface area contributed by atoms with Gasteiger partial charge < -0.3 is 10.4 Å². The van der Waals surface area contributed by atoms with E-state index in [1.165, 1.54) is 11.3 Å². The maximum absolute atomic E-state index is 11.7. The zero-order valence-electron chi connectivity index (χ0n) is 9.95. The Morgan fingerprint density at radius 2 is 2.06 bits per heavy atom. The number of carbonyl (C=O) groups is 2. The molecular weight excluding hydrogens is 240 g/mol. The van der Waals surface area contributed by atoms with E-state index in [-0.39, 0.29) is 12.3 Å². The molecule has 0 fully saturated rings. The number of rotatable bonds is 6. The van der Waals surface area contributed by atoms with Crippen molar-refractivity contribution in [1.29, 1.82) is 0 Å². The van der Waals surface area contributed by atoms with Crippen LogP contribution in [0.2, 0.25) is 0 Å². The van der Waals surface area contributed by atoms with Gasteiger partial charge in [0.2, 0.25) is 0 Å². The highest BCUT2D eigenvalue weighted by atomic mass is 32.1. The number of aromatic nitrogens is 1. The molecule has 1 aromatic heterocycles. The minimum Gasteiger partial charge on any atom is -0.481 e. The van der Waals surface area contributed by atoms with Gasteiger partial charge in [0.1, 0.15) is 4.88 Å². The fraction of sp³-hybridized carbons (Fsp3) is 0.545. The second-order valence-electron chi connectivity index (χ2n) is 3.75. The van der Waals surface area contributed by atoms with E-state index in [1.54, 1.807) is 0 Å². The summed E-state index contributed by atoms with van der Waals surface area (Å²) in [7, 11) is 0. The lowest BCUT2D eigenvalue weighted by Gasteiger charge is -2.02. The highest BCUT2D eigenvalue weighted by molar-refractivity contribution is 7.13. The van der Waals surface area contributed by atoms with Crippen LogP contribution in [0.1, 0.15) is 39.6 Å². The number of amides is 1. The molecule has 0 atom stereocenters. The summed E-state index contributed by atoms with van der Waals surface area (Å²) in [6.45, 7) is 4.17. The van der Waals surface area contributed by atoms with Crippen molar-refractivity contribution in [3.8, 4) is 0 Å². The van der Waals surface area contributed by atoms with Gasteiger partial charge in [0, 0.05) is 13.0 Å². The molecule has 2 N–H and O–H groups in total. The third-order valence-corrected chi connectivity index (χ3v) is 3.28. The van der Waals surface area contributed by atoms with Gasteiger partial charge in [-0.15, -0.1) is 11.3 Å². The summed E-state index contributed by atoms with van der Waals surface area (Å²) in [5, 5.41) is 12.1. The Kier molecular flexibility index (Phi) is 5.09. The Hall–Kier alpha value is -1.43. The molecule has 0 unspecified atom stereocenters. The number of carbonyl (C=O) groups excluding carboxylic acids is 1. The van der Waals surface area contributed by atoms with E-state index in [0.29, 0.717) is 24.3 Å². The summed E-state index contributed by atoms with van der Waals surface area (Å²) in [4.78, 5) is 26.8. The van der Waals surface area contributed by atoms with Crippen molar-refractivity contribution in [1.82, 2.24) is 10.3 Å². The van der Waals surface area contributed by atoms with Crippen LogP contribution in [0.25, 0.3) is 0 Å². The molecule has 5 nitrogen and oxygen atoms in total. The van der Waals surface area contributed by atoms with E-state index in [2.05, 4.69) is 10.3 Å². The molecule has 0 aliphatic heterocycles. The number of aryl methyl sites for hydroxylation is 2. The summed E-state index contributed by atoms with van der Waals surface area (Å²) in [5.74, 6) is -0.923. The lowest BCUT2D eigenvalue weighted by Crippen LogP contribution is -2.24. The van der Waals surface area contributed by atoms with Crippen LogP contribution in [0.4, 0.5) is 0 Å². The third-order valence-electron chi connectivity index (χ3n) is 2.21. The van der Waals surface area contributed by atoms with Crippen molar-refractivity contribution in [3.63, 3.8) is 0 Å². The zero-order valence-corrected chi connectivity index (χ0v) is 10.8. The smallest absolute Gasteiger partial charge is 0.303 e. The zero-order chi connectivity index (χ0) is 12.8. The Bertz CT molecular complexity index is 415. The Labute approximate surface area is 104 Å². The molecule has 1 amide bonds. The number of hydrogen-bond acceptors (Lipinski definition) is 4. The number of nitrogens with zero attached hydrogens (tertiary/aromatic N) is 1. The first-order valence-corrected chi connectivity index (χ1v) is 6.26. The normalized spacial score (nSPS) is 10.2. The minimum absolute atomic E-state index is 0.122. The number of aliphatic carboxylic acids is 1. The first kappa shape index (κ1) is 13.6. The summed E-state index contributed by atoms with van der Waals surface area (Å²) in [5.41, 5.74) is 0.746. The largest absolute Gasteiger partial charge is 0.481 e. The molecule has 17 heavy (non-hydrogen) atoms. The van der Waals surface area contributed by atoms with Crippen LogP contribution in [-0.4, -0.2) is 28.5 Å². The molecule has 0 aromatic carbocycles. The van der Waals surface area contributed by atoms with Crippen molar-refractivity contribution in [3.05, 3.63) is 15.6 Å². The van der Waals surface area contributed by atoms with Crippen molar-refractivity contribution in [2.24, 2.45) is 0 Å². The topological polar surface area (TPSA) is 79.3 Å². The second-order valence-corrected chi connectivity index (χ2v) is 4.96. The molecule has 0 aliphatic carbocycles. The average molecular weight is 256 g/mol. The monoisotopic (exact) mass is 256 g/mol. The molecule has 0 spiro atoms. The second kappa shape index (κ2) is 6.34. The maximum Gasteiger partial charge on any atom is 0.303 e. The van der Waals surface area contributed by atoms with Crippen LogP contribution in [0.15, 0.2) is 0 Å². The van der Waals surface area contributed by atoms with E-state index < -0.39 is 5.97 Å². The SMILES string of the molecule is Cc1nc(C)c(C(=O)NCCCCC(=O)O)s1. The van der Waals surface area contributed by atoms with E-state index in [9.17, 15) is 9.59 Å². The van der Waals surface area contributed by atoms with Gasteiger partial charge in [0.25, 0.3) is 5.91 Å². The molecule has 1 heterocycles. The fourth-order valence-corrected chi connectivity index (χ4v) is 2.26. The van der Waals surface area contributed by atoms with Crippen molar-refractivity contribution < 1.29 is 14.7 Å². The van der Waals surface area contributed by atoms with Crippen molar-refractivity contribution >= 4 is 23.2 Å². The lowest BCUT2D eigenvalue weighted by atomic mass is 10.2. The maximum atomic E-state index is 11.7. The van der Waals surface area contributed by atoms with Gasteiger partial charge in [0.05, 0.1) is 10.7 Å². The molecule has 1 aromatic rings. The molecule has 0 aliphatic rings. The first-order valence-electron chi connectivity index (χ1n) is 5.44. The molecule has 0 bridgehead atoms. The first-order chi connectivity index (χ1) is 8.00. The Balaban J connectivity index is 2.30. The van der Waals surface area contributed by atoms with Crippen LogP contribution in [0.3, 0.4) is 0 Å². The van der Waals surface area contributed by atoms with E-state index in [4.69, 9.17) is 5.11 Å². The quantitative estimate of drug-likeness (QED) is 0.760. The van der Waals surface area contributed by atoms with Crippen LogP contribution in [0, 0.1) is 13.8 Å². The van der Waals surface area contributed by atoms with Gasteiger partial charge in [-0.2, -0.15) is 0 Å². The highest BCUT2D eigenvalue weighted by Crippen LogP contribution is 2.16. The molecule has 0 radical (unpaired) electrons. The molecule has 0 saturated heterocycles. The lowest BCUT2D eigenvalue weighted by molar-refractivity contribution is -0.137. The highest BCUT2D eigenvalue weighted by Gasteiger charge is 2.12. The van der Waals surface area contributed by atoms with E-state index >= 15 is 0 Å². The van der Waals surface area contributed by atoms with Crippen LogP contribution < -0.4 is 5.32 Å². The number of thiazole rings is 1. The summed E-state index contributed by atoms with van der Waals surface area (Å²) in [6, 6.07) is 0. The molecule has 1 rings (SSSR count). The fourth-order valence-electron chi connectivity index (χ4n) is 1.43. The Morgan fingerprint density at radius 1 is 1.35 bits per heavy atom. The summed E-state index contributed by atoms with van der Waals surface area (Å²) < 4.78 is 0. The van der Waals surface area contributed by atoms with Gasteiger partial charge in [-0.1, -0.05) is 0 Å². The predicted molar refractivity (Wildman–Crippen MR) is 65.4 cm³/mol.